The van der Waals surface area contributed by atoms with E-state index in [-0.39, 0.29) is 40.0 Å². The maximum Gasteiger partial charge on any atom is 0.416 e. The van der Waals surface area contributed by atoms with Crippen LogP contribution in [0.5, 0.6) is 0 Å². The summed E-state index contributed by atoms with van der Waals surface area (Å²) in [6.45, 7) is 1.24. The van der Waals surface area contributed by atoms with E-state index in [9.17, 15) is 27.2 Å². The van der Waals surface area contributed by atoms with Gasteiger partial charge in [-0.2, -0.15) is 13.2 Å². The number of carbonyl (C=O) groups excluding carboxylic acids is 2. The lowest BCUT2D eigenvalue weighted by Crippen LogP contribution is -2.36. The van der Waals surface area contributed by atoms with Crippen molar-refractivity contribution in [3.63, 3.8) is 0 Å². The Morgan fingerprint density at radius 2 is 2.13 bits per heavy atom. The first-order chi connectivity index (χ1) is 14.1. The molecule has 11 heteroatoms. The summed E-state index contributed by atoms with van der Waals surface area (Å²) in [6, 6.07) is 0.979. The molecule has 2 aliphatic rings. The molecule has 2 aromatic rings. The second-order valence-electron chi connectivity index (χ2n) is 7.10. The van der Waals surface area contributed by atoms with Crippen molar-refractivity contribution in [2.24, 2.45) is 0 Å². The maximum absolute atomic E-state index is 13.9. The van der Waals surface area contributed by atoms with Crippen LogP contribution in [-0.2, 0) is 35.2 Å². The summed E-state index contributed by atoms with van der Waals surface area (Å²) < 4.78 is 61.5. The number of alkyl halides is 4. The van der Waals surface area contributed by atoms with Crippen molar-refractivity contribution in [3.05, 3.63) is 50.1 Å². The van der Waals surface area contributed by atoms with Crippen molar-refractivity contribution in [2.45, 2.75) is 44.8 Å². The number of benzene rings is 1. The largest absolute Gasteiger partial charge is 0.464 e. The van der Waals surface area contributed by atoms with Crippen molar-refractivity contribution < 1.29 is 31.9 Å². The number of fused-ring (bicyclic) bond motifs is 2. The van der Waals surface area contributed by atoms with E-state index in [0.717, 1.165) is 11.0 Å². The lowest BCUT2D eigenvalue weighted by Gasteiger charge is -2.25. The van der Waals surface area contributed by atoms with Crippen molar-refractivity contribution >= 4 is 34.5 Å². The number of hydrogen-bond acceptors (Lipinski definition) is 4. The molecule has 0 saturated heterocycles. The second kappa shape index (κ2) is 7.50. The minimum Gasteiger partial charge on any atom is -0.464 e. The van der Waals surface area contributed by atoms with Gasteiger partial charge in [-0.05, 0) is 47.2 Å². The zero-order chi connectivity index (χ0) is 21.8. The zero-order valence-corrected chi connectivity index (χ0v) is 17.8. The third-order valence-corrected chi connectivity index (χ3v) is 5.83. The Morgan fingerprint density at radius 1 is 1.40 bits per heavy atom. The number of aromatic nitrogens is 2. The molecule has 2 atom stereocenters. The van der Waals surface area contributed by atoms with E-state index >= 15 is 0 Å². The zero-order valence-electron chi connectivity index (χ0n) is 15.7. The van der Waals surface area contributed by atoms with Crippen LogP contribution in [0.15, 0.2) is 18.5 Å². The van der Waals surface area contributed by atoms with Gasteiger partial charge in [0.25, 0.3) is 5.91 Å². The quantitative estimate of drug-likeness (QED) is 0.340. The van der Waals surface area contributed by atoms with Gasteiger partial charge in [0.05, 0.1) is 30.7 Å². The highest BCUT2D eigenvalue weighted by Crippen LogP contribution is 2.41. The van der Waals surface area contributed by atoms with Crippen molar-refractivity contribution in [1.82, 2.24) is 14.5 Å². The van der Waals surface area contributed by atoms with Gasteiger partial charge >= 0.3 is 12.1 Å². The number of esters is 1. The Bertz CT molecular complexity index is 1040. The number of halogens is 5. The minimum absolute atomic E-state index is 0.00587. The predicted molar refractivity (Wildman–Crippen MR) is 104 cm³/mol. The van der Waals surface area contributed by atoms with Crippen LogP contribution in [0, 0.1) is 3.57 Å². The lowest BCUT2D eigenvalue weighted by molar-refractivity contribution is -0.149. The van der Waals surface area contributed by atoms with Crippen LogP contribution in [0.4, 0.5) is 17.6 Å². The molecule has 0 spiro atoms. The highest BCUT2D eigenvalue weighted by molar-refractivity contribution is 14.1. The van der Waals surface area contributed by atoms with Crippen molar-refractivity contribution in [3.8, 4) is 0 Å². The first-order valence-electron chi connectivity index (χ1n) is 9.17. The molecule has 6 nitrogen and oxygen atoms in total. The Morgan fingerprint density at radius 3 is 2.80 bits per heavy atom. The number of ether oxygens (including phenoxy) is 1. The van der Waals surface area contributed by atoms with Crippen LogP contribution in [0.25, 0.3) is 0 Å². The van der Waals surface area contributed by atoms with Gasteiger partial charge in [0.15, 0.2) is 6.04 Å². The average molecular weight is 537 g/mol. The molecule has 160 valence electrons. The molecule has 1 aromatic heterocycles. The van der Waals surface area contributed by atoms with Gasteiger partial charge in [0, 0.05) is 27.8 Å². The SMILES string of the molecule is CCOC(=O)[C@@H](c1ncn2c1C[C@@H](F)C2)N1Cc2c(cc(I)cc2C(F)(F)F)C1=O. The highest BCUT2D eigenvalue weighted by atomic mass is 127. The molecular formula is C19H16F4IN3O3. The van der Waals surface area contributed by atoms with Gasteiger partial charge in [-0.15, -0.1) is 0 Å². The first kappa shape index (κ1) is 21.1. The van der Waals surface area contributed by atoms with Gasteiger partial charge in [-0.1, -0.05) is 0 Å². The topological polar surface area (TPSA) is 64.4 Å². The Labute approximate surface area is 182 Å². The van der Waals surface area contributed by atoms with E-state index in [1.165, 1.54) is 12.4 Å². The highest BCUT2D eigenvalue weighted by Gasteiger charge is 2.46. The summed E-state index contributed by atoms with van der Waals surface area (Å²) in [6.07, 6.45) is -4.44. The molecule has 0 fully saturated rings. The summed E-state index contributed by atoms with van der Waals surface area (Å²) in [5.41, 5.74) is -0.640. The number of carbonyl (C=O) groups is 2. The molecule has 0 unspecified atom stereocenters. The summed E-state index contributed by atoms with van der Waals surface area (Å²) in [5.74, 6) is -1.53. The van der Waals surface area contributed by atoms with E-state index in [1.807, 2.05) is 0 Å². The molecule has 1 aromatic carbocycles. The summed E-state index contributed by atoms with van der Waals surface area (Å²) in [7, 11) is 0. The Balaban J connectivity index is 1.80. The number of amides is 1. The summed E-state index contributed by atoms with van der Waals surface area (Å²) in [5, 5.41) is 0. The molecule has 3 heterocycles. The van der Waals surface area contributed by atoms with Crippen LogP contribution >= 0.6 is 22.6 Å². The van der Waals surface area contributed by atoms with Crippen molar-refractivity contribution in [2.75, 3.05) is 6.61 Å². The van der Waals surface area contributed by atoms with Crippen LogP contribution in [0.2, 0.25) is 0 Å². The van der Waals surface area contributed by atoms with Gasteiger partial charge in [-0.25, -0.2) is 14.2 Å². The molecule has 4 rings (SSSR count). The Kier molecular flexibility index (Phi) is 5.27. The maximum atomic E-state index is 13.9. The van der Waals surface area contributed by atoms with Crippen LogP contribution in [0.3, 0.4) is 0 Å². The molecule has 1 amide bonds. The molecule has 0 bridgehead atoms. The second-order valence-corrected chi connectivity index (χ2v) is 8.34. The fourth-order valence-electron chi connectivity index (χ4n) is 3.98. The van der Waals surface area contributed by atoms with E-state index in [4.69, 9.17) is 4.74 Å². The van der Waals surface area contributed by atoms with Crippen molar-refractivity contribution in [1.29, 1.82) is 0 Å². The first-order valence-corrected chi connectivity index (χ1v) is 10.2. The fraction of sp³-hybridized carbons (Fsp3) is 0.421. The molecule has 30 heavy (non-hydrogen) atoms. The summed E-state index contributed by atoms with van der Waals surface area (Å²) >= 11 is 1.72. The molecular weight excluding hydrogens is 521 g/mol. The molecule has 0 saturated carbocycles. The van der Waals surface area contributed by atoms with E-state index in [1.54, 1.807) is 34.1 Å². The molecule has 0 N–H and O–H groups in total. The lowest BCUT2D eigenvalue weighted by atomic mass is 10.0. The van der Waals surface area contributed by atoms with Crippen LogP contribution < -0.4 is 0 Å². The number of imidazole rings is 1. The van der Waals surface area contributed by atoms with Gasteiger partial charge in [-0.3, -0.25) is 4.79 Å². The Hall–Kier alpha value is -2.18. The standard InChI is InChI=1S/C19H16F4IN3O3/c1-2-30-18(29)16(15-14-3-9(20)6-26(14)8-25-15)27-7-12-11(17(27)28)4-10(24)5-13(12)19(21,22)23/h4-5,8-9,16H,2-3,6-7H2,1H3/t9-,16-/m1/s1. The predicted octanol–water partition coefficient (Wildman–Crippen LogP) is 3.66. The monoisotopic (exact) mass is 537 g/mol. The minimum atomic E-state index is -4.65. The van der Waals surface area contributed by atoms with E-state index in [0.29, 0.717) is 5.69 Å². The number of hydrogen-bond donors (Lipinski definition) is 0. The van der Waals surface area contributed by atoms with Crippen LogP contribution in [0.1, 0.15) is 45.8 Å². The summed E-state index contributed by atoms with van der Waals surface area (Å²) in [4.78, 5) is 31.1. The smallest absolute Gasteiger partial charge is 0.416 e. The molecule has 0 aliphatic carbocycles. The van der Waals surface area contributed by atoms with Gasteiger partial charge in [0.1, 0.15) is 6.17 Å². The van der Waals surface area contributed by atoms with Crippen LogP contribution in [-0.4, -0.2) is 39.1 Å². The van der Waals surface area contributed by atoms with Gasteiger partial charge in [0.2, 0.25) is 0 Å². The van der Waals surface area contributed by atoms with E-state index in [2.05, 4.69) is 4.98 Å². The average Bonchev–Trinajstić information content (AvgIpc) is 3.29. The molecule has 2 aliphatic heterocycles. The fourth-order valence-corrected chi connectivity index (χ4v) is 4.61. The number of rotatable bonds is 4. The third kappa shape index (κ3) is 3.46. The van der Waals surface area contributed by atoms with Gasteiger partial charge < -0.3 is 14.2 Å². The number of nitrogens with zero attached hydrogens (tertiary/aromatic N) is 3. The normalized spacial score (nSPS) is 19.1. The van der Waals surface area contributed by atoms with E-state index < -0.39 is 42.4 Å². The molecule has 0 radical (unpaired) electrons. The third-order valence-electron chi connectivity index (χ3n) is 5.21.